The van der Waals surface area contributed by atoms with Crippen LogP contribution in [0.4, 0.5) is 0 Å². The zero-order chi connectivity index (χ0) is 15.3. The lowest BCUT2D eigenvalue weighted by atomic mass is 9.77. The smallest absolute Gasteiger partial charge is 0.325 e. The minimum atomic E-state index is -0.344. The number of rotatable bonds is 5. The van der Waals surface area contributed by atoms with E-state index in [0.29, 0.717) is 6.61 Å². The second kappa shape index (κ2) is 7.07. The van der Waals surface area contributed by atoms with Crippen LogP contribution < -0.4 is 5.32 Å². The first kappa shape index (κ1) is 17.0. The molecule has 0 aromatic heterocycles. The van der Waals surface area contributed by atoms with Gasteiger partial charge in [-0.05, 0) is 45.6 Å². The molecule has 1 amide bonds. The third kappa shape index (κ3) is 4.20. The number of nitrogens with zero attached hydrogens (tertiary/aromatic N) is 1. The van der Waals surface area contributed by atoms with Gasteiger partial charge in [0.25, 0.3) is 0 Å². The molecule has 1 aliphatic rings. The van der Waals surface area contributed by atoms with Crippen molar-refractivity contribution in [3.63, 3.8) is 0 Å². The van der Waals surface area contributed by atoms with Crippen LogP contribution in [-0.2, 0) is 14.3 Å². The van der Waals surface area contributed by atoms with Crippen LogP contribution in [0.15, 0.2) is 0 Å². The van der Waals surface area contributed by atoms with Gasteiger partial charge >= 0.3 is 5.97 Å². The molecule has 0 aliphatic carbocycles. The van der Waals surface area contributed by atoms with Gasteiger partial charge in [0.2, 0.25) is 5.91 Å². The Morgan fingerprint density at radius 2 is 2.05 bits per heavy atom. The summed E-state index contributed by atoms with van der Waals surface area (Å²) in [5, 5.41) is 3.31. The zero-order valence-corrected chi connectivity index (χ0v) is 13.4. The van der Waals surface area contributed by atoms with Crippen LogP contribution >= 0.6 is 0 Å². The molecule has 0 spiro atoms. The van der Waals surface area contributed by atoms with Crippen molar-refractivity contribution in [2.24, 2.45) is 5.41 Å². The van der Waals surface area contributed by atoms with Crippen molar-refractivity contribution in [3.8, 4) is 0 Å². The van der Waals surface area contributed by atoms with Crippen molar-refractivity contribution in [2.75, 3.05) is 19.7 Å². The van der Waals surface area contributed by atoms with Gasteiger partial charge in [-0.1, -0.05) is 13.8 Å². The van der Waals surface area contributed by atoms with Crippen molar-refractivity contribution in [3.05, 3.63) is 0 Å². The van der Waals surface area contributed by atoms with Crippen molar-refractivity contribution in [1.82, 2.24) is 10.2 Å². The van der Waals surface area contributed by atoms with Crippen LogP contribution in [0.2, 0.25) is 0 Å². The molecule has 116 valence electrons. The van der Waals surface area contributed by atoms with Gasteiger partial charge in [-0.25, -0.2) is 0 Å². The SMILES string of the molecule is CCOC(=O)CN(C(=O)C1NCCCC1(C)C)C(C)C. The van der Waals surface area contributed by atoms with E-state index >= 15 is 0 Å². The molecule has 1 aliphatic heterocycles. The number of carbonyl (C=O) groups is 2. The van der Waals surface area contributed by atoms with Crippen LogP contribution in [0, 0.1) is 5.41 Å². The Hall–Kier alpha value is -1.10. The topological polar surface area (TPSA) is 58.6 Å². The summed E-state index contributed by atoms with van der Waals surface area (Å²) < 4.78 is 4.96. The maximum Gasteiger partial charge on any atom is 0.325 e. The summed E-state index contributed by atoms with van der Waals surface area (Å²) in [7, 11) is 0. The van der Waals surface area contributed by atoms with Gasteiger partial charge in [-0.2, -0.15) is 0 Å². The molecular formula is C15H28N2O3. The minimum Gasteiger partial charge on any atom is -0.465 e. The van der Waals surface area contributed by atoms with Gasteiger partial charge in [0.15, 0.2) is 0 Å². The zero-order valence-electron chi connectivity index (χ0n) is 13.4. The lowest BCUT2D eigenvalue weighted by Crippen LogP contribution is -2.58. The normalized spacial score (nSPS) is 21.6. The molecule has 20 heavy (non-hydrogen) atoms. The molecule has 1 fully saturated rings. The predicted octanol–water partition coefficient (Wildman–Crippen LogP) is 1.56. The van der Waals surface area contributed by atoms with Crippen LogP contribution in [0.3, 0.4) is 0 Å². The predicted molar refractivity (Wildman–Crippen MR) is 78.3 cm³/mol. The first-order valence-corrected chi connectivity index (χ1v) is 7.49. The summed E-state index contributed by atoms with van der Waals surface area (Å²) in [4.78, 5) is 26.0. The number of ether oxygens (including phenoxy) is 1. The Bertz CT molecular complexity index is 353. The lowest BCUT2D eigenvalue weighted by molar-refractivity contribution is -0.152. The highest BCUT2D eigenvalue weighted by molar-refractivity contribution is 5.86. The fourth-order valence-corrected chi connectivity index (χ4v) is 2.66. The first-order chi connectivity index (χ1) is 9.29. The van der Waals surface area contributed by atoms with E-state index in [1.807, 2.05) is 13.8 Å². The van der Waals surface area contributed by atoms with Crippen LogP contribution in [0.25, 0.3) is 0 Å². The quantitative estimate of drug-likeness (QED) is 0.779. The summed E-state index contributed by atoms with van der Waals surface area (Å²) in [5.41, 5.74) is -0.0862. The number of esters is 1. The van der Waals surface area contributed by atoms with Gasteiger partial charge in [0.05, 0.1) is 12.6 Å². The maximum atomic E-state index is 12.8. The number of carbonyl (C=O) groups excluding carboxylic acids is 2. The van der Waals surface area contributed by atoms with E-state index in [1.54, 1.807) is 11.8 Å². The summed E-state index contributed by atoms with van der Waals surface area (Å²) in [5.74, 6) is -0.346. The van der Waals surface area contributed by atoms with Gasteiger partial charge < -0.3 is 15.0 Å². The average Bonchev–Trinajstić information content (AvgIpc) is 2.34. The fraction of sp³-hybridized carbons (Fsp3) is 0.867. The molecule has 0 aromatic rings. The number of nitrogens with one attached hydrogen (secondary N) is 1. The molecular weight excluding hydrogens is 256 g/mol. The summed E-state index contributed by atoms with van der Waals surface area (Å²) in [6, 6.07) is -0.250. The molecule has 1 heterocycles. The first-order valence-electron chi connectivity index (χ1n) is 7.49. The van der Waals surface area contributed by atoms with E-state index in [0.717, 1.165) is 19.4 Å². The van der Waals surface area contributed by atoms with Crippen molar-refractivity contribution in [2.45, 2.75) is 59.5 Å². The van der Waals surface area contributed by atoms with Crippen molar-refractivity contribution >= 4 is 11.9 Å². The Morgan fingerprint density at radius 1 is 1.40 bits per heavy atom. The van der Waals surface area contributed by atoms with Crippen molar-refractivity contribution in [1.29, 1.82) is 0 Å². The third-order valence-electron chi connectivity index (χ3n) is 3.89. The van der Waals surface area contributed by atoms with E-state index in [4.69, 9.17) is 4.74 Å². The molecule has 1 saturated heterocycles. The largest absolute Gasteiger partial charge is 0.465 e. The van der Waals surface area contributed by atoms with Crippen LogP contribution in [0.1, 0.15) is 47.5 Å². The average molecular weight is 284 g/mol. The molecule has 0 radical (unpaired) electrons. The Labute approximate surface area is 122 Å². The van der Waals surface area contributed by atoms with E-state index in [2.05, 4.69) is 19.2 Å². The highest BCUT2D eigenvalue weighted by Gasteiger charge is 2.40. The highest BCUT2D eigenvalue weighted by atomic mass is 16.5. The van der Waals surface area contributed by atoms with Crippen molar-refractivity contribution < 1.29 is 14.3 Å². The molecule has 0 aromatic carbocycles. The van der Waals surface area contributed by atoms with E-state index in [-0.39, 0.29) is 35.9 Å². The number of hydrogen-bond acceptors (Lipinski definition) is 4. The van der Waals surface area contributed by atoms with Crippen LogP contribution in [0.5, 0.6) is 0 Å². The molecule has 1 rings (SSSR count). The second-order valence-corrected chi connectivity index (χ2v) is 6.34. The Balaban J connectivity index is 2.80. The van der Waals surface area contributed by atoms with E-state index in [9.17, 15) is 9.59 Å². The third-order valence-corrected chi connectivity index (χ3v) is 3.89. The monoisotopic (exact) mass is 284 g/mol. The molecule has 0 bridgehead atoms. The molecule has 5 nitrogen and oxygen atoms in total. The second-order valence-electron chi connectivity index (χ2n) is 6.34. The van der Waals surface area contributed by atoms with Gasteiger partial charge in [-0.3, -0.25) is 9.59 Å². The molecule has 0 saturated carbocycles. The number of amides is 1. The van der Waals surface area contributed by atoms with Crippen LogP contribution in [-0.4, -0.2) is 48.6 Å². The number of piperidine rings is 1. The highest BCUT2D eigenvalue weighted by Crippen LogP contribution is 2.31. The molecule has 1 unspecified atom stereocenters. The fourth-order valence-electron chi connectivity index (χ4n) is 2.66. The Morgan fingerprint density at radius 3 is 2.55 bits per heavy atom. The summed E-state index contributed by atoms with van der Waals surface area (Å²) >= 11 is 0. The minimum absolute atomic E-state index is 0.00208. The summed E-state index contributed by atoms with van der Waals surface area (Å²) in [6.45, 7) is 11.0. The molecule has 1 atom stereocenters. The Kier molecular flexibility index (Phi) is 5.99. The number of hydrogen-bond donors (Lipinski definition) is 1. The van der Waals surface area contributed by atoms with E-state index in [1.165, 1.54) is 0 Å². The van der Waals surface area contributed by atoms with Gasteiger partial charge in [0.1, 0.15) is 6.54 Å². The van der Waals surface area contributed by atoms with E-state index < -0.39 is 0 Å². The maximum absolute atomic E-state index is 12.8. The molecule has 5 heteroatoms. The lowest BCUT2D eigenvalue weighted by Gasteiger charge is -2.41. The molecule has 1 N–H and O–H groups in total. The van der Waals surface area contributed by atoms with Gasteiger partial charge in [-0.15, -0.1) is 0 Å². The standard InChI is InChI=1S/C15H28N2O3/c1-6-20-12(18)10-17(11(2)3)14(19)13-15(4,5)8-7-9-16-13/h11,13,16H,6-10H2,1-5H3. The van der Waals surface area contributed by atoms with Gasteiger partial charge in [0, 0.05) is 6.04 Å². The summed E-state index contributed by atoms with van der Waals surface area (Å²) in [6.07, 6.45) is 2.10.